The lowest BCUT2D eigenvalue weighted by molar-refractivity contribution is 0.0752. The molecule has 2 aromatic rings. The molecule has 2 heterocycles. The largest absolute Gasteiger partial charge is 0.336 e. The minimum Gasteiger partial charge on any atom is -0.336 e. The minimum absolute atomic E-state index is 0.0784. The average Bonchev–Trinajstić information content (AvgIpc) is 3.13. The number of rotatable bonds is 4. The van der Waals surface area contributed by atoms with Gasteiger partial charge < -0.3 is 4.90 Å². The van der Waals surface area contributed by atoms with Gasteiger partial charge in [-0.1, -0.05) is 0 Å². The molecule has 2 aromatic heterocycles. The number of nitrogens with zero attached hydrogens (tertiary/aromatic N) is 4. The van der Waals surface area contributed by atoms with E-state index in [-0.39, 0.29) is 5.91 Å². The monoisotopic (exact) mass is 256 g/mol. The highest BCUT2D eigenvalue weighted by molar-refractivity contribution is 5.94. The second-order valence-electron chi connectivity index (χ2n) is 4.70. The number of pyridine rings is 1. The number of carbonyl (C=O) groups is 1. The quantitative estimate of drug-likeness (QED) is 0.839. The second kappa shape index (κ2) is 4.84. The highest BCUT2D eigenvalue weighted by Gasteiger charge is 2.31. The van der Waals surface area contributed by atoms with E-state index in [1.807, 2.05) is 34.7 Å². The summed E-state index contributed by atoms with van der Waals surface area (Å²) in [7, 11) is 0. The van der Waals surface area contributed by atoms with E-state index in [4.69, 9.17) is 0 Å². The first-order chi connectivity index (χ1) is 9.29. The van der Waals surface area contributed by atoms with Gasteiger partial charge in [-0.2, -0.15) is 0 Å². The van der Waals surface area contributed by atoms with Gasteiger partial charge in [0.15, 0.2) is 0 Å². The van der Waals surface area contributed by atoms with Gasteiger partial charge in [-0.15, -0.1) is 0 Å². The molecule has 0 saturated heterocycles. The van der Waals surface area contributed by atoms with E-state index in [2.05, 4.69) is 9.97 Å². The van der Waals surface area contributed by atoms with Crippen LogP contribution in [0.5, 0.6) is 0 Å². The first-order valence-corrected chi connectivity index (χ1v) is 6.55. The Morgan fingerprint density at radius 3 is 2.84 bits per heavy atom. The van der Waals surface area contributed by atoms with Crippen LogP contribution in [-0.4, -0.2) is 37.9 Å². The number of carbonyl (C=O) groups excluding carboxylic acids is 1. The van der Waals surface area contributed by atoms with Crippen LogP contribution in [0, 0.1) is 0 Å². The van der Waals surface area contributed by atoms with E-state index in [1.54, 1.807) is 18.7 Å². The van der Waals surface area contributed by atoms with Crippen molar-refractivity contribution in [3.05, 3.63) is 42.6 Å². The number of amides is 1. The maximum absolute atomic E-state index is 12.3. The normalized spacial score (nSPS) is 14.4. The lowest BCUT2D eigenvalue weighted by Gasteiger charge is -2.20. The van der Waals surface area contributed by atoms with Crippen molar-refractivity contribution in [2.75, 3.05) is 6.54 Å². The molecule has 0 aliphatic heterocycles. The van der Waals surface area contributed by atoms with Crippen LogP contribution in [0.25, 0.3) is 5.82 Å². The molecule has 0 atom stereocenters. The minimum atomic E-state index is 0.0784. The Morgan fingerprint density at radius 1 is 1.47 bits per heavy atom. The van der Waals surface area contributed by atoms with E-state index < -0.39 is 0 Å². The Kier molecular flexibility index (Phi) is 3.03. The molecule has 19 heavy (non-hydrogen) atoms. The van der Waals surface area contributed by atoms with Crippen molar-refractivity contribution in [1.82, 2.24) is 19.4 Å². The van der Waals surface area contributed by atoms with Crippen LogP contribution >= 0.6 is 0 Å². The van der Waals surface area contributed by atoms with E-state index in [9.17, 15) is 4.79 Å². The summed E-state index contributed by atoms with van der Waals surface area (Å²) in [6.45, 7) is 2.77. The summed E-state index contributed by atoms with van der Waals surface area (Å²) in [5.74, 6) is 0.846. The van der Waals surface area contributed by atoms with Gasteiger partial charge in [-0.05, 0) is 31.9 Å². The van der Waals surface area contributed by atoms with Gasteiger partial charge >= 0.3 is 0 Å². The molecule has 0 N–H and O–H groups in total. The summed E-state index contributed by atoms with van der Waals surface area (Å²) in [6, 6.07) is 4.11. The van der Waals surface area contributed by atoms with E-state index in [0.717, 1.165) is 25.2 Å². The maximum atomic E-state index is 12.3. The summed E-state index contributed by atoms with van der Waals surface area (Å²) in [5.41, 5.74) is 0.651. The number of hydrogen-bond acceptors (Lipinski definition) is 3. The molecule has 0 spiro atoms. The van der Waals surface area contributed by atoms with Gasteiger partial charge in [-0.3, -0.25) is 9.36 Å². The third-order valence-electron chi connectivity index (χ3n) is 3.35. The second-order valence-corrected chi connectivity index (χ2v) is 4.70. The van der Waals surface area contributed by atoms with Crippen LogP contribution in [0.3, 0.4) is 0 Å². The van der Waals surface area contributed by atoms with Crippen LogP contribution in [-0.2, 0) is 0 Å². The van der Waals surface area contributed by atoms with Crippen molar-refractivity contribution in [2.45, 2.75) is 25.8 Å². The van der Waals surface area contributed by atoms with Crippen LogP contribution < -0.4 is 0 Å². The Bertz CT molecular complexity index is 558. The molecule has 3 rings (SSSR count). The SMILES string of the molecule is CCN(C(=O)c1ccc(-n2ccnc2)nc1)C1CC1. The van der Waals surface area contributed by atoms with Crippen molar-refractivity contribution < 1.29 is 4.79 Å². The molecule has 0 bridgehead atoms. The van der Waals surface area contributed by atoms with Crippen LogP contribution in [0.2, 0.25) is 0 Å². The fraction of sp³-hybridized carbons (Fsp3) is 0.357. The molecule has 0 unspecified atom stereocenters. The van der Waals surface area contributed by atoms with Crippen LogP contribution in [0.15, 0.2) is 37.1 Å². The fourth-order valence-electron chi connectivity index (χ4n) is 2.18. The fourth-order valence-corrected chi connectivity index (χ4v) is 2.18. The zero-order valence-electron chi connectivity index (χ0n) is 10.9. The maximum Gasteiger partial charge on any atom is 0.255 e. The van der Waals surface area contributed by atoms with Gasteiger partial charge in [0.1, 0.15) is 12.1 Å². The molecule has 1 aliphatic carbocycles. The number of hydrogen-bond donors (Lipinski definition) is 0. The van der Waals surface area contributed by atoms with Crippen molar-refractivity contribution in [2.24, 2.45) is 0 Å². The summed E-state index contributed by atoms with van der Waals surface area (Å²) in [6.07, 6.45) is 9.11. The first-order valence-electron chi connectivity index (χ1n) is 6.55. The third kappa shape index (κ3) is 2.36. The molecular formula is C14H16N4O. The first kappa shape index (κ1) is 11.9. The van der Waals surface area contributed by atoms with Crippen molar-refractivity contribution in [1.29, 1.82) is 0 Å². The highest BCUT2D eigenvalue weighted by Crippen LogP contribution is 2.27. The molecule has 5 nitrogen and oxygen atoms in total. The molecule has 98 valence electrons. The molecule has 0 radical (unpaired) electrons. The number of aromatic nitrogens is 3. The summed E-state index contributed by atoms with van der Waals surface area (Å²) >= 11 is 0. The lowest BCUT2D eigenvalue weighted by Crippen LogP contribution is -2.32. The summed E-state index contributed by atoms with van der Waals surface area (Å²) in [4.78, 5) is 22.5. The zero-order valence-corrected chi connectivity index (χ0v) is 10.9. The van der Waals surface area contributed by atoms with E-state index >= 15 is 0 Å². The van der Waals surface area contributed by atoms with Gasteiger partial charge in [0.05, 0.1) is 5.56 Å². The predicted octanol–water partition coefficient (Wildman–Crippen LogP) is 1.89. The van der Waals surface area contributed by atoms with Crippen molar-refractivity contribution in [3.8, 4) is 5.82 Å². The Hall–Kier alpha value is -2.17. The zero-order chi connectivity index (χ0) is 13.2. The molecule has 1 saturated carbocycles. The molecule has 1 aliphatic rings. The summed E-state index contributed by atoms with van der Waals surface area (Å²) < 4.78 is 1.81. The standard InChI is InChI=1S/C14H16N4O/c1-2-18(12-4-5-12)14(19)11-3-6-13(16-9-11)17-8-7-15-10-17/h3,6-10,12H,2,4-5H2,1H3. The molecular weight excluding hydrogens is 240 g/mol. The summed E-state index contributed by atoms with van der Waals surface area (Å²) in [5, 5.41) is 0. The third-order valence-corrected chi connectivity index (χ3v) is 3.35. The Morgan fingerprint density at radius 2 is 2.32 bits per heavy atom. The average molecular weight is 256 g/mol. The number of imidazole rings is 1. The highest BCUT2D eigenvalue weighted by atomic mass is 16.2. The van der Waals surface area contributed by atoms with Crippen LogP contribution in [0.1, 0.15) is 30.1 Å². The van der Waals surface area contributed by atoms with Gasteiger partial charge in [-0.25, -0.2) is 9.97 Å². The van der Waals surface area contributed by atoms with Gasteiger partial charge in [0, 0.05) is 31.2 Å². The van der Waals surface area contributed by atoms with Crippen molar-refractivity contribution in [3.63, 3.8) is 0 Å². The van der Waals surface area contributed by atoms with Gasteiger partial charge in [0.2, 0.25) is 0 Å². The van der Waals surface area contributed by atoms with E-state index in [0.29, 0.717) is 11.6 Å². The lowest BCUT2D eigenvalue weighted by atomic mass is 10.2. The smallest absolute Gasteiger partial charge is 0.255 e. The molecule has 5 heteroatoms. The predicted molar refractivity (Wildman–Crippen MR) is 71.1 cm³/mol. The Balaban J connectivity index is 1.80. The van der Waals surface area contributed by atoms with Crippen molar-refractivity contribution >= 4 is 5.91 Å². The Labute approximate surface area is 111 Å². The molecule has 0 aromatic carbocycles. The topological polar surface area (TPSA) is 51.0 Å². The van der Waals surface area contributed by atoms with Crippen LogP contribution in [0.4, 0.5) is 0 Å². The molecule has 1 fully saturated rings. The molecule has 1 amide bonds. The van der Waals surface area contributed by atoms with Gasteiger partial charge in [0.25, 0.3) is 5.91 Å². The van der Waals surface area contributed by atoms with E-state index in [1.165, 1.54) is 0 Å².